The van der Waals surface area contributed by atoms with Gasteiger partial charge < -0.3 is 0 Å². The lowest BCUT2D eigenvalue weighted by Gasteiger charge is -2.09. The number of halogens is 3. The molecule has 0 nitrogen and oxygen atoms in total. The molecule has 0 amide bonds. The molecule has 1 aromatic carbocycles. The van der Waals surface area contributed by atoms with Gasteiger partial charge in [0.15, 0.2) is 0 Å². The summed E-state index contributed by atoms with van der Waals surface area (Å²) in [6, 6.07) is 8.87. The van der Waals surface area contributed by atoms with Crippen molar-refractivity contribution in [3.8, 4) is 0 Å². The molecular formula is C14H13Br3S. The molecule has 0 saturated heterocycles. The van der Waals surface area contributed by atoms with Crippen LogP contribution in [0.15, 0.2) is 32.5 Å². The summed E-state index contributed by atoms with van der Waals surface area (Å²) in [5, 5.41) is 0. The monoisotopic (exact) mass is 450 g/mol. The lowest BCUT2D eigenvalue weighted by molar-refractivity contribution is 0.965. The Balaban J connectivity index is 2.15. The summed E-state index contributed by atoms with van der Waals surface area (Å²) in [7, 11) is 0. The highest BCUT2D eigenvalue weighted by atomic mass is 79.9. The maximum Gasteiger partial charge on any atom is 0.0843 e. The van der Waals surface area contributed by atoms with E-state index in [0.29, 0.717) is 4.83 Å². The Morgan fingerprint density at radius 2 is 1.83 bits per heavy atom. The third kappa shape index (κ3) is 3.47. The Kier molecular flexibility index (Phi) is 5.09. The van der Waals surface area contributed by atoms with Crippen LogP contribution in [0.25, 0.3) is 0 Å². The van der Waals surface area contributed by atoms with Crippen molar-refractivity contribution >= 4 is 59.1 Å². The first-order chi connectivity index (χ1) is 8.47. The van der Waals surface area contributed by atoms with Crippen molar-refractivity contribution < 1.29 is 0 Å². The lowest BCUT2D eigenvalue weighted by atomic mass is 10.0. The van der Waals surface area contributed by atoms with E-state index in [1.807, 2.05) is 0 Å². The predicted molar refractivity (Wildman–Crippen MR) is 91.0 cm³/mol. The van der Waals surface area contributed by atoms with Gasteiger partial charge in [-0.25, -0.2) is 0 Å². The topological polar surface area (TPSA) is 0 Å². The number of hydrogen-bond acceptors (Lipinski definition) is 1. The van der Waals surface area contributed by atoms with E-state index in [4.69, 9.17) is 0 Å². The molecule has 1 heterocycles. The van der Waals surface area contributed by atoms with Gasteiger partial charge in [0.05, 0.1) is 8.61 Å². The second-order valence-corrected chi connectivity index (χ2v) is 8.72. The van der Waals surface area contributed by atoms with E-state index in [1.165, 1.54) is 21.6 Å². The first-order valence-electron chi connectivity index (χ1n) is 5.62. The number of rotatable bonds is 3. The molecule has 0 saturated carbocycles. The van der Waals surface area contributed by atoms with Gasteiger partial charge in [0.2, 0.25) is 0 Å². The molecule has 0 bridgehead atoms. The van der Waals surface area contributed by atoms with Crippen molar-refractivity contribution in [2.45, 2.75) is 25.1 Å². The van der Waals surface area contributed by atoms with E-state index in [2.05, 4.69) is 85.9 Å². The highest BCUT2D eigenvalue weighted by Crippen LogP contribution is 2.39. The minimum Gasteiger partial charge on any atom is -0.131 e. The molecule has 96 valence electrons. The second-order valence-electron chi connectivity index (χ2n) is 4.36. The third-order valence-electron chi connectivity index (χ3n) is 2.96. The fourth-order valence-electron chi connectivity index (χ4n) is 1.76. The minimum absolute atomic E-state index is 0.368. The summed E-state index contributed by atoms with van der Waals surface area (Å²) in [6.07, 6.45) is 1.01. The fraction of sp³-hybridized carbons (Fsp3) is 0.286. The summed E-state index contributed by atoms with van der Waals surface area (Å²) in [4.78, 5) is 1.71. The average molecular weight is 453 g/mol. The Labute approximate surface area is 137 Å². The minimum atomic E-state index is 0.368. The van der Waals surface area contributed by atoms with Crippen LogP contribution in [0.2, 0.25) is 0 Å². The van der Waals surface area contributed by atoms with Crippen LogP contribution in [-0.4, -0.2) is 0 Å². The van der Waals surface area contributed by atoms with Gasteiger partial charge in [-0.05, 0) is 74.9 Å². The molecule has 0 fully saturated rings. The van der Waals surface area contributed by atoms with Crippen LogP contribution in [0.5, 0.6) is 0 Å². The van der Waals surface area contributed by atoms with Crippen LogP contribution in [0.1, 0.15) is 26.4 Å². The SMILES string of the molecule is Cc1ccc(CC(Br)c2cc(Br)c(Br)s2)cc1C. The van der Waals surface area contributed by atoms with Gasteiger partial charge >= 0.3 is 0 Å². The van der Waals surface area contributed by atoms with E-state index in [0.717, 1.165) is 14.7 Å². The van der Waals surface area contributed by atoms with Crippen LogP contribution < -0.4 is 0 Å². The predicted octanol–water partition coefficient (Wildman–Crippen LogP) is 6.57. The average Bonchev–Trinajstić information content (AvgIpc) is 2.65. The third-order valence-corrected chi connectivity index (χ3v) is 7.45. The van der Waals surface area contributed by atoms with Gasteiger partial charge in [0, 0.05) is 9.35 Å². The smallest absolute Gasteiger partial charge is 0.0843 e. The molecule has 4 heteroatoms. The van der Waals surface area contributed by atoms with Crippen LogP contribution in [0.3, 0.4) is 0 Å². The maximum absolute atomic E-state index is 3.78. The molecule has 0 aliphatic carbocycles. The fourth-order valence-corrected chi connectivity index (χ4v) is 4.61. The molecular weight excluding hydrogens is 440 g/mol. The second kappa shape index (κ2) is 6.21. The maximum atomic E-state index is 3.78. The van der Waals surface area contributed by atoms with Gasteiger partial charge in [0.25, 0.3) is 0 Å². The van der Waals surface area contributed by atoms with Gasteiger partial charge in [-0.1, -0.05) is 34.1 Å². The highest BCUT2D eigenvalue weighted by molar-refractivity contribution is 9.13. The van der Waals surface area contributed by atoms with Crippen molar-refractivity contribution in [2.75, 3.05) is 0 Å². The van der Waals surface area contributed by atoms with Crippen molar-refractivity contribution in [2.24, 2.45) is 0 Å². The number of thiophene rings is 1. The van der Waals surface area contributed by atoms with Crippen LogP contribution in [0, 0.1) is 13.8 Å². The van der Waals surface area contributed by atoms with E-state index in [9.17, 15) is 0 Å². The van der Waals surface area contributed by atoms with Crippen molar-refractivity contribution in [3.05, 3.63) is 54.1 Å². The van der Waals surface area contributed by atoms with E-state index >= 15 is 0 Å². The van der Waals surface area contributed by atoms with Gasteiger partial charge in [-0.3, -0.25) is 0 Å². The number of hydrogen-bond donors (Lipinski definition) is 0. The number of benzene rings is 1. The Morgan fingerprint density at radius 3 is 2.39 bits per heavy atom. The van der Waals surface area contributed by atoms with Crippen LogP contribution in [-0.2, 0) is 6.42 Å². The zero-order valence-corrected chi connectivity index (χ0v) is 15.7. The summed E-state index contributed by atoms with van der Waals surface area (Å²) in [6.45, 7) is 4.32. The lowest BCUT2D eigenvalue weighted by Crippen LogP contribution is -1.94. The molecule has 0 spiro atoms. The Morgan fingerprint density at radius 1 is 1.11 bits per heavy atom. The zero-order valence-electron chi connectivity index (χ0n) is 10.1. The Hall–Kier alpha value is 0.360. The van der Waals surface area contributed by atoms with Gasteiger partial charge in [-0.2, -0.15) is 0 Å². The normalized spacial score (nSPS) is 12.7. The molecule has 0 N–H and O–H groups in total. The van der Waals surface area contributed by atoms with Crippen LogP contribution >= 0.6 is 59.1 Å². The van der Waals surface area contributed by atoms with E-state index < -0.39 is 0 Å². The zero-order chi connectivity index (χ0) is 13.3. The number of aryl methyl sites for hydroxylation is 2. The molecule has 0 radical (unpaired) electrons. The van der Waals surface area contributed by atoms with Gasteiger partial charge in [-0.15, -0.1) is 11.3 Å². The van der Waals surface area contributed by atoms with Crippen molar-refractivity contribution in [1.29, 1.82) is 0 Å². The molecule has 18 heavy (non-hydrogen) atoms. The van der Waals surface area contributed by atoms with E-state index in [1.54, 1.807) is 11.3 Å². The molecule has 1 aromatic heterocycles. The number of alkyl halides is 1. The highest BCUT2D eigenvalue weighted by Gasteiger charge is 2.13. The van der Waals surface area contributed by atoms with Crippen molar-refractivity contribution in [1.82, 2.24) is 0 Å². The first-order valence-corrected chi connectivity index (χ1v) is 8.94. The Bertz CT molecular complexity index is 541. The first kappa shape index (κ1) is 14.8. The van der Waals surface area contributed by atoms with E-state index in [-0.39, 0.29) is 0 Å². The molecule has 2 aromatic rings. The quantitative estimate of drug-likeness (QED) is 0.462. The summed E-state index contributed by atoms with van der Waals surface area (Å²) in [5.74, 6) is 0. The van der Waals surface area contributed by atoms with Gasteiger partial charge in [0.1, 0.15) is 0 Å². The molecule has 1 atom stereocenters. The summed E-state index contributed by atoms with van der Waals surface area (Å²) < 4.78 is 2.29. The van der Waals surface area contributed by atoms with Crippen LogP contribution in [0.4, 0.5) is 0 Å². The molecule has 1 unspecified atom stereocenters. The molecule has 2 rings (SSSR count). The molecule has 0 aliphatic heterocycles. The summed E-state index contributed by atoms with van der Waals surface area (Å²) >= 11 is 12.6. The molecule has 0 aliphatic rings. The largest absolute Gasteiger partial charge is 0.131 e. The standard InChI is InChI=1S/C14H13Br3S/c1-8-3-4-10(5-9(8)2)6-11(15)13-7-12(16)14(17)18-13/h3-5,7,11H,6H2,1-2H3. The van der Waals surface area contributed by atoms with Crippen molar-refractivity contribution in [3.63, 3.8) is 0 Å². The summed E-state index contributed by atoms with van der Waals surface area (Å²) in [5.41, 5.74) is 4.09.